The fourth-order valence-corrected chi connectivity index (χ4v) is 4.19. The molecule has 4 atom stereocenters. The molecule has 2 aliphatic rings. The number of carbonyl (C=O) groups excluding carboxylic acids is 1. The van der Waals surface area contributed by atoms with E-state index in [1.807, 2.05) is 11.8 Å². The van der Waals surface area contributed by atoms with Crippen LogP contribution in [0, 0.1) is 5.92 Å². The molecule has 1 N–H and O–H groups in total. The standard InChI is InChI=1S/C14H26N2OS/c1-4-6-12-15-13(10(3)5-2)14(17)16(12)11-7-8-18-9-11/h10-13,15H,4-9H2,1-3H3. The summed E-state index contributed by atoms with van der Waals surface area (Å²) in [7, 11) is 0. The summed E-state index contributed by atoms with van der Waals surface area (Å²) < 4.78 is 0. The molecule has 0 aliphatic carbocycles. The van der Waals surface area contributed by atoms with Crippen molar-refractivity contribution >= 4 is 17.7 Å². The average Bonchev–Trinajstić information content (AvgIpc) is 2.97. The third-order valence-corrected chi connectivity index (χ3v) is 5.45. The first-order valence-corrected chi connectivity index (χ1v) is 8.50. The molecule has 4 unspecified atom stereocenters. The zero-order valence-corrected chi connectivity index (χ0v) is 12.6. The van der Waals surface area contributed by atoms with Crippen LogP contribution in [0.3, 0.4) is 0 Å². The lowest BCUT2D eigenvalue weighted by Gasteiger charge is -2.29. The van der Waals surface area contributed by atoms with Crippen LogP contribution in [0.1, 0.15) is 46.5 Å². The molecular formula is C14H26N2OS. The normalized spacial score (nSPS) is 34.3. The van der Waals surface area contributed by atoms with E-state index in [1.165, 1.54) is 12.2 Å². The Bertz CT molecular complexity index is 292. The minimum atomic E-state index is 0.0529. The maximum atomic E-state index is 12.6. The SMILES string of the molecule is CCCC1NC(C(C)CC)C(=O)N1C1CCSC1. The van der Waals surface area contributed by atoms with Crippen LogP contribution in [0.5, 0.6) is 0 Å². The lowest BCUT2D eigenvalue weighted by Crippen LogP contribution is -2.44. The first-order valence-electron chi connectivity index (χ1n) is 7.35. The van der Waals surface area contributed by atoms with Gasteiger partial charge in [0, 0.05) is 11.8 Å². The quantitative estimate of drug-likeness (QED) is 0.833. The Morgan fingerprint density at radius 3 is 2.83 bits per heavy atom. The van der Waals surface area contributed by atoms with E-state index in [0.29, 0.717) is 17.9 Å². The van der Waals surface area contributed by atoms with Crippen LogP contribution in [-0.4, -0.2) is 40.6 Å². The fraction of sp³-hybridized carbons (Fsp3) is 0.929. The lowest BCUT2D eigenvalue weighted by molar-refractivity contribution is -0.132. The van der Waals surface area contributed by atoms with Gasteiger partial charge in [-0.15, -0.1) is 0 Å². The molecule has 3 nitrogen and oxygen atoms in total. The first kappa shape index (κ1) is 14.2. The fourth-order valence-electron chi connectivity index (χ4n) is 2.99. The highest BCUT2D eigenvalue weighted by Gasteiger charge is 2.44. The molecule has 2 heterocycles. The van der Waals surface area contributed by atoms with Gasteiger partial charge in [0.15, 0.2) is 0 Å². The average molecular weight is 270 g/mol. The van der Waals surface area contributed by atoms with Gasteiger partial charge in [0.25, 0.3) is 0 Å². The van der Waals surface area contributed by atoms with Gasteiger partial charge in [0.1, 0.15) is 0 Å². The summed E-state index contributed by atoms with van der Waals surface area (Å²) >= 11 is 1.98. The monoisotopic (exact) mass is 270 g/mol. The summed E-state index contributed by atoms with van der Waals surface area (Å²) in [5, 5.41) is 3.59. The van der Waals surface area contributed by atoms with Gasteiger partial charge >= 0.3 is 0 Å². The number of amides is 1. The van der Waals surface area contributed by atoms with Crippen LogP contribution in [0.25, 0.3) is 0 Å². The van der Waals surface area contributed by atoms with E-state index >= 15 is 0 Å². The second-order valence-corrected chi connectivity index (χ2v) is 6.75. The molecule has 4 heteroatoms. The van der Waals surface area contributed by atoms with Crippen molar-refractivity contribution in [2.75, 3.05) is 11.5 Å². The Morgan fingerprint density at radius 2 is 2.28 bits per heavy atom. The molecule has 18 heavy (non-hydrogen) atoms. The molecular weight excluding hydrogens is 244 g/mol. The van der Waals surface area contributed by atoms with Crippen LogP contribution >= 0.6 is 11.8 Å². The minimum Gasteiger partial charge on any atom is -0.322 e. The zero-order chi connectivity index (χ0) is 13.1. The lowest BCUT2D eigenvalue weighted by atomic mass is 9.99. The Kier molecular flexibility index (Phi) is 4.96. The van der Waals surface area contributed by atoms with Gasteiger partial charge in [-0.3, -0.25) is 10.1 Å². The minimum absolute atomic E-state index is 0.0529. The molecule has 1 amide bonds. The summed E-state index contributed by atoms with van der Waals surface area (Å²) in [5.41, 5.74) is 0. The number of carbonyl (C=O) groups is 1. The molecule has 0 aromatic carbocycles. The molecule has 0 aromatic heterocycles. The summed E-state index contributed by atoms with van der Waals surface area (Å²) in [6.45, 7) is 6.55. The first-order chi connectivity index (χ1) is 8.69. The second kappa shape index (κ2) is 6.29. The Hall–Kier alpha value is -0.220. The molecule has 0 bridgehead atoms. The van der Waals surface area contributed by atoms with Crippen molar-refractivity contribution in [3.05, 3.63) is 0 Å². The third-order valence-electron chi connectivity index (χ3n) is 4.30. The Balaban J connectivity index is 2.10. The van der Waals surface area contributed by atoms with Gasteiger partial charge in [-0.1, -0.05) is 33.6 Å². The highest BCUT2D eigenvalue weighted by Crippen LogP contribution is 2.30. The van der Waals surface area contributed by atoms with Crippen LogP contribution in [0.2, 0.25) is 0 Å². The summed E-state index contributed by atoms with van der Waals surface area (Å²) in [5.74, 6) is 3.13. The highest BCUT2D eigenvalue weighted by atomic mass is 32.2. The second-order valence-electron chi connectivity index (χ2n) is 5.60. The predicted molar refractivity (Wildman–Crippen MR) is 77.7 cm³/mol. The molecule has 104 valence electrons. The molecule has 0 aromatic rings. The van der Waals surface area contributed by atoms with Gasteiger partial charge in [-0.25, -0.2) is 0 Å². The Labute approximate surface area is 115 Å². The maximum absolute atomic E-state index is 12.6. The van der Waals surface area contributed by atoms with Crippen LogP contribution in [-0.2, 0) is 4.79 Å². The van der Waals surface area contributed by atoms with Crippen molar-refractivity contribution in [2.24, 2.45) is 5.92 Å². The number of rotatable bonds is 5. The molecule has 2 aliphatic heterocycles. The van der Waals surface area contributed by atoms with Crippen molar-refractivity contribution in [3.63, 3.8) is 0 Å². The van der Waals surface area contributed by atoms with E-state index in [-0.39, 0.29) is 12.2 Å². The van der Waals surface area contributed by atoms with E-state index < -0.39 is 0 Å². The van der Waals surface area contributed by atoms with Crippen molar-refractivity contribution < 1.29 is 4.79 Å². The zero-order valence-electron chi connectivity index (χ0n) is 11.8. The predicted octanol–water partition coefficient (Wildman–Crippen LogP) is 2.46. The largest absolute Gasteiger partial charge is 0.322 e. The van der Waals surface area contributed by atoms with Crippen LogP contribution in [0.4, 0.5) is 0 Å². The van der Waals surface area contributed by atoms with E-state index in [4.69, 9.17) is 0 Å². The smallest absolute Gasteiger partial charge is 0.241 e. The van der Waals surface area contributed by atoms with Crippen molar-refractivity contribution in [2.45, 2.75) is 64.7 Å². The van der Waals surface area contributed by atoms with E-state index in [1.54, 1.807) is 0 Å². The molecule has 2 fully saturated rings. The highest BCUT2D eigenvalue weighted by molar-refractivity contribution is 7.99. The van der Waals surface area contributed by atoms with Gasteiger partial charge in [-0.05, 0) is 24.5 Å². The molecule has 0 spiro atoms. The van der Waals surface area contributed by atoms with Crippen LogP contribution in [0.15, 0.2) is 0 Å². The summed E-state index contributed by atoms with van der Waals surface area (Å²) in [4.78, 5) is 14.8. The topological polar surface area (TPSA) is 32.3 Å². The number of hydrogen-bond donors (Lipinski definition) is 1. The van der Waals surface area contributed by atoms with Crippen LogP contribution < -0.4 is 5.32 Å². The third kappa shape index (κ3) is 2.69. The molecule has 0 radical (unpaired) electrons. The van der Waals surface area contributed by atoms with Crippen molar-refractivity contribution in [3.8, 4) is 0 Å². The number of nitrogens with one attached hydrogen (secondary N) is 1. The number of thioether (sulfide) groups is 1. The number of hydrogen-bond acceptors (Lipinski definition) is 3. The van der Waals surface area contributed by atoms with E-state index in [9.17, 15) is 4.79 Å². The van der Waals surface area contributed by atoms with Crippen molar-refractivity contribution in [1.82, 2.24) is 10.2 Å². The molecule has 2 saturated heterocycles. The maximum Gasteiger partial charge on any atom is 0.241 e. The van der Waals surface area contributed by atoms with Gasteiger partial charge in [-0.2, -0.15) is 11.8 Å². The Morgan fingerprint density at radius 1 is 1.50 bits per heavy atom. The summed E-state index contributed by atoms with van der Waals surface area (Å²) in [6.07, 6.45) is 4.74. The molecule has 0 saturated carbocycles. The number of nitrogens with zero attached hydrogens (tertiary/aromatic N) is 1. The van der Waals surface area contributed by atoms with Gasteiger partial charge < -0.3 is 4.90 Å². The van der Waals surface area contributed by atoms with Crippen molar-refractivity contribution in [1.29, 1.82) is 0 Å². The summed E-state index contributed by atoms with van der Waals surface area (Å²) in [6, 6.07) is 0.526. The molecule has 2 rings (SSSR count). The van der Waals surface area contributed by atoms with E-state index in [0.717, 1.165) is 25.0 Å². The van der Waals surface area contributed by atoms with E-state index in [2.05, 4.69) is 31.0 Å². The van der Waals surface area contributed by atoms with Gasteiger partial charge in [0.05, 0.1) is 12.2 Å². The van der Waals surface area contributed by atoms with Gasteiger partial charge in [0.2, 0.25) is 5.91 Å².